The second-order valence-electron chi connectivity index (χ2n) is 2.61. The minimum atomic E-state index is -0.233. The van der Waals surface area contributed by atoms with E-state index in [0.29, 0.717) is 0 Å². The smallest absolute Gasteiger partial charge is 0.318 e. The van der Waals surface area contributed by atoms with Crippen LogP contribution in [0.25, 0.3) is 0 Å². The molecule has 1 unspecified atom stereocenters. The lowest BCUT2D eigenvalue weighted by atomic mass is 10.5. The minimum Gasteiger partial charge on any atom is -0.468 e. The Bertz CT molecular complexity index is 314. The van der Waals surface area contributed by atoms with Gasteiger partial charge in [-0.25, -0.2) is 4.98 Å². The highest BCUT2D eigenvalue weighted by Crippen LogP contribution is 2.25. The van der Waals surface area contributed by atoms with Crippen LogP contribution in [0.3, 0.4) is 0 Å². The van der Waals surface area contributed by atoms with Crippen molar-refractivity contribution in [1.82, 2.24) is 9.36 Å². The summed E-state index contributed by atoms with van der Waals surface area (Å²) in [6.07, 6.45) is 0.823. The third-order valence-corrected chi connectivity index (χ3v) is 3.48. The predicted octanol–water partition coefficient (Wildman–Crippen LogP) is 1.75. The van der Waals surface area contributed by atoms with Crippen LogP contribution in [-0.2, 0) is 16.0 Å². The molecule has 0 aliphatic carbocycles. The van der Waals surface area contributed by atoms with Crippen molar-refractivity contribution < 1.29 is 9.53 Å². The molecule has 0 radical (unpaired) electrons. The summed E-state index contributed by atoms with van der Waals surface area (Å²) in [7, 11) is 1.39. The Morgan fingerprint density at radius 2 is 2.43 bits per heavy atom. The normalized spacial score (nSPS) is 12.5. The SMILES string of the molecule is CCc1nsc(SC(C)C(=O)OC)n1. The van der Waals surface area contributed by atoms with E-state index in [4.69, 9.17) is 0 Å². The first-order chi connectivity index (χ1) is 6.67. The number of rotatable bonds is 4. The molecule has 0 amide bonds. The van der Waals surface area contributed by atoms with E-state index in [2.05, 4.69) is 14.1 Å². The van der Waals surface area contributed by atoms with E-state index in [0.717, 1.165) is 16.6 Å². The van der Waals surface area contributed by atoms with Gasteiger partial charge in [-0.1, -0.05) is 18.7 Å². The van der Waals surface area contributed by atoms with Gasteiger partial charge in [-0.2, -0.15) is 4.37 Å². The molecule has 0 fully saturated rings. The molecule has 78 valence electrons. The summed E-state index contributed by atoms with van der Waals surface area (Å²) in [5.41, 5.74) is 0. The molecule has 0 saturated carbocycles. The van der Waals surface area contributed by atoms with Crippen molar-refractivity contribution in [2.24, 2.45) is 0 Å². The molecule has 6 heteroatoms. The third-order valence-electron chi connectivity index (χ3n) is 1.58. The number of hydrogen-bond donors (Lipinski definition) is 0. The van der Waals surface area contributed by atoms with Crippen LogP contribution < -0.4 is 0 Å². The standard InChI is InChI=1S/C8H12N2O2S2/c1-4-6-9-8(14-10-6)13-5(2)7(11)12-3/h5H,4H2,1-3H3. The highest BCUT2D eigenvalue weighted by atomic mass is 32.2. The number of methoxy groups -OCH3 is 1. The van der Waals surface area contributed by atoms with Gasteiger partial charge in [0.2, 0.25) is 0 Å². The van der Waals surface area contributed by atoms with Gasteiger partial charge in [0.05, 0.1) is 7.11 Å². The van der Waals surface area contributed by atoms with E-state index >= 15 is 0 Å². The molecule has 0 N–H and O–H groups in total. The van der Waals surface area contributed by atoms with Gasteiger partial charge in [-0.05, 0) is 18.5 Å². The zero-order valence-corrected chi connectivity index (χ0v) is 9.94. The molecule has 0 bridgehead atoms. The Labute approximate surface area is 91.2 Å². The molecule has 1 atom stereocenters. The molecule has 1 aromatic rings. The van der Waals surface area contributed by atoms with Gasteiger partial charge in [0.1, 0.15) is 11.1 Å². The van der Waals surface area contributed by atoms with E-state index in [1.54, 1.807) is 6.92 Å². The van der Waals surface area contributed by atoms with Crippen LogP contribution in [-0.4, -0.2) is 27.7 Å². The number of aromatic nitrogens is 2. The number of thioether (sulfide) groups is 1. The second-order valence-corrected chi connectivity index (χ2v) is 4.95. The van der Waals surface area contributed by atoms with Gasteiger partial charge >= 0.3 is 5.97 Å². The molecule has 0 aromatic carbocycles. The Kier molecular flexibility index (Phi) is 4.34. The van der Waals surface area contributed by atoms with Crippen LogP contribution in [0, 0.1) is 0 Å². The molecule has 14 heavy (non-hydrogen) atoms. The van der Waals surface area contributed by atoms with Gasteiger partial charge < -0.3 is 4.74 Å². The Balaban J connectivity index is 2.55. The van der Waals surface area contributed by atoms with E-state index in [-0.39, 0.29) is 11.2 Å². The second kappa shape index (κ2) is 5.31. The van der Waals surface area contributed by atoms with Gasteiger partial charge in [-0.3, -0.25) is 4.79 Å². The number of carbonyl (C=O) groups is 1. The molecule has 0 aliphatic heterocycles. The van der Waals surface area contributed by atoms with Gasteiger partial charge in [-0.15, -0.1) is 0 Å². The highest BCUT2D eigenvalue weighted by molar-refractivity contribution is 8.02. The van der Waals surface area contributed by atoms with Crippen molar-refractivity contribution in [3.63, 3.8) is 0 Å². The summed E-state index contributed by atoms with van der Waals surface area (Å²) in [5, 5.41) is -0.224. The van der Waals surface area contributed by atoms with Crippen LogP contribution in [0.15, 0.2) is 4.34 Å². The maximum Gasteiger partial charge on any atom is 0.318 e. The predicted molar refractivity (Wildman–Crippen MR) is 56.6 cm³/mol. The van der Waals surface area contributed by atoms with Crippen LogP contribution in [0.4, 0.5) is 0 Å². The van der Waals surface area contributed by atoms with E-state index in [1.165, 1.54) is 30.4 Å². The quantitative estimate of drug-likeness (QED) is 0.585. The number of nitrogens with zero attached hydrogens (tertiary/aromatic N) is 2. The minimum absolute atomic E-state index is 0.224. The number of esters is 1. The molecule has 1 heterocycles. The monoisotopic (exact) mass is 232 g/mol. The van der Waals surface area contributed by atoms with Crippen LogP contribution in [0.2, 0.25) is 0 Å². The molecule has 0 saturated heterocycles. The van der Waals surface area contributed by atoms with Crippen molar-refractivity contribution in [2.75, 3.05) is 7.11 Å². The van der Waals surface area contributed by atoms with Crippen LogP contribution in [0.5, 0.6) is 0 Å². The number of ether oxygens (including phenoxy) is 1. The van der Waals surface area contributed by atoms with Gasteiger partial charge in [0, 0.05) is 6.42 Å². The summed E-state index contributed by atoms with van der Waals surface area (Å²) < 4.78 is 9.56. The van der Waals surface area contributed by atoms with Gasteiger partial charge in [0.15, 0.2) is 4.34 Å². The lowest BCUT2D eigenvalue weighted by Crippen LogP contribution is -2.14. The number of carbonyl (C=O) groups excluding carboxylic acids is 1. The Morgan fingerprint density at radius 3 is 2.93 bits per heavy atom. The van der Waals surface area contributed by atoms with E-state index in [9.17, 15) is 4.79 Å². The van der Waals surface area contributed by atoms with Crippen molar-refractivity contribution in [3.8, 4) is 0 Å². The van der Waals surface area contributed by atoms with Crippen molar-refractivity contribution >= 4 is 29.3 Å². The van der Waals surface area contributed by atoms with Crippen molar-refractivity contribution in [1.29, 1.82) is 0 Å². The number of aryl methyl sites for hydroxylation is 1. The summed E-state index contributed by atoms with van der Waals surface area (Å²) in [4.78, 5) is 15.4. The first-order valence-corrected chi connectivity index (χ1v) is 5.89. The maximum absolute atomic E-state index is 11.1. The van der Waals surface area contributed by atoms with E-state index in [1.807, 2.05) is 6.92 Å². The number of hydrogen-bond acceptors (Lipinski definition) is 6. The fraction of sp³-hybridized carbons (Fsp3) is 0.625. The topological polar surface area (TPSA) is 52.1 Å². The van der Waals surface area contributed by atoms with Gasteiger partial charge in [0.25, 0.3) is 0 Å². The molecular weight excluding hydrogens is 220 g/mol. The molecule has 0 aliphatic rings. The zero-order valence-electron chi connectivity index (χ0n) is 8.31. The van der Waals surface area contributed by atoms with Crippen molar-refractivity contribution in [3.05, 3.63) is 5.82 Å². The molecule has 1 aromatic heterocycles. The summed E-state index contributed by atoms with van der Waals surface area (Å²) in [6, 6.07) is 0. The summed E-state index contributed by atoms with van der Waals surface area (Å²) >= 11 is 2.71. The van der Waals surface area contributed by atoms with E-state index < -0.39 is 0 Å². The fourth-order valence-electron chi connectivity index (χ4n) is 0.795. The molecular formula is C8H12N2O2S2. The Morgan fingerprint density at radius 1 is 1.71 bits per heavy atom. The maximum atomic E-state index is 11.1. The average molecular weight is 232 g/mol. The lowest BCUT2D eigenvalue weighted by molar-refractivity contribution is -0.139. The first-order valence-electron chi connectivity index (χ1n) is 4.24. The molecule has 4 nitrogen and oxygen atoms in total. The van der Waals surface area contributed by atoms with Crippen LogP contribution in [0.1, 0.15) is 19.7 Å². The van der Waals surface area contributed by atoms with Crippen LogP contribution >= 0.6 is 23.3 Å². The third kappa shape index (κ3) is 2.95. The zero-order chi connectivity index (χ0) is 10.6. The largest absolute Gasteiger partial charge is 0.468 e. The average Bonchev–Trinajstić information content (AvgIpc) is 2.64. The van der Waals surface area contributed by atoms with Crippen molar-refractivity contribution in [2.45, 2.75) is 29.9 Å². The fourth-order valence-corrected chi connectivity index (χ4v) is 2.66. The highest BCUT2D eigenvalue weighted by Gasteiger charge is 2.16. The molecule has 1 rings (SSSR count). The first kappa shape index (κ1) is 11.5. The Hall–Kier alpha value is -0.620. The summed E-state index contributed by atoms with van der Waals surface area (Å²) in [5.74, 6) is 0.595. The molecule has 0 spiro atoms. The lowest BCUT2D eigenvalue weighted by Gasteiger charge is -2.04. The summed E-state index contributed by atoms with van der Waals surface area (Å²) in [6.45, 7) is 3.80.